The minimum atomic E-state index is -5.57. The maximum atomic E-state index is 13.3. The number of hydrogen-bond acceptors (Lipinski definition) is 4. The van der Waals surface area contributed by atoms with Crippen molar-refractivity contribution in [1.29, 1.82) is 0 Å². The van der Waals surface area contributed by atoms with Crippen LogP contribution in [0, 0.1) is 29.1 Å². The summed E-state index contributed by atoms with van der Waals surface area (Å²) in [5, 5.41) is 10.9. The van der Waals surface area contributed by atoms with Gasteiger partial charge >= 0.3 is 18.1 Å². The van der Waals surface area contributed by atoms with E-state index in [1.807, 2.05) is 0 Å². The average molecular weight is 657 g/mol. The number of hydrogen-bond donors (Lipinski definition) is 1. The van der Waals surface area contributed by atoms with Gasteiger partial charge in [-0.15, -0.1) is 0 Å². The second kappa shape index (κ2) is 15.8. The van der Waals surface area contributed by atoms with Crippen molar-refractivity contribution in [3.63, 3.8) is 0 Å². The van der Waals surface area contributed by atoms with Crippen LogP contribution in [0.1, 0.15) is 121 Å². The van der Waals surface area contributed by atoms with Crippen molar-refractivity contribution in [2.75, 3.05) is 13.7 Å². The van der Waals surface area contributed by atoms with Gasteiger partial charge in [-0.2, -0.15) is 22.0 Å². The Morgan fingerprint density at radius 2 is 1.78 bits per heavy atom. The van der Waals surface area contributed by atoms with Gasteiger partial charge in [0.15, 0.2) is 0 Å². The molecule has 46 heavy (non-hydrogen) atoms. The van der Waals surface area contributed by atoms with Crippen molar-refractivity contribution in [3.05, 3.63) is 41.5 Å². The molecule has 1 aromatic carbocycles. The first-order valence-corrected chi connectivity index (χ1v) is 17.4. The number of rotatable bonds is 16. The highest BCUT2D eigenvalue weighted by atomic mass is 19.4. The molecule has 0 amide bonds. The summed E-state index contributed by atoms with van der Waals surface area (Å²) in [5.41, 5.74) is 2.88. The summed E-state index contributed by atoms with van der Waals surface area (Å²) >= 11 is 0. The summed E-state index contributed by atoms with van der Waals surface area (Å²) in [5.74, 6) is -2.87. The molecule has 2 saturated carbocycles. The first-order chi connectivity index (χ1) is 21.8. The number of benzene rings is 1. The van der Waals surface area contributed by atoms with Gasteiger partial charge in [-0.25, -0.2) is 0 Å². The Kier molecular flexibility index (Phi) is 12.6. The number of alkyl halides is 5. The lowest BCUT2D eigenvalue weighted by molar-refractivity contribution is -0.284. The predicted octanol–water partition coefficient (Wildman–Crippen LogP) is 9.97. The second-order valence-corrected chi connectivity index (χ2v) is 14.2. The summed E-state index contributed by atoms with van der Waals surface area (Å²) in [6, 6.07) is 6.57. The minimum Gasteiger partial charge on any atom is -0.497 e. The third-order valence-corrected chi connectivity index (χ3v) is 11.4. The van der Waals surface area contributed by atoms with Gasteiger partial charge in [0, 0.05) is 6.42 Å². The Hall–Kier alpha value is -2.16. The molecule has 0 saturated heterocycles. The van der Waals surface area contributed by atoms with Crippen molar-refractivity contribution in [2.24, 2.45) is 29.1 Å². The van der Waals surface area contributed by atoms with Crippen molar-refractivity contribution in [2.45, 2.75) is 134 Å². The molecule has 0 spiro atoms. The Bertz CT molecular complexity index is 1170. The number of halogens is 5. The number of esters is 1. The van der Waals surface area contributed by atoms with E-state index in [-0.39, 0.29) is 31.0 Å². The first kappa shape index (κ1) is 36.7. The zero-order chi connectivity index (χ0) is 33.5. The number of fused-ring (bicyclic) bond motifs is 5. The summed E-state index contributed by atoms with van der Waals surface area (Å²) < 4.78 is 74.7. The van der Waals surface area contributed by atoms with Crippen LogP contribution >= 0.6 is 0 Å². The van der Waals surface area contributed by atoms with Crippen LogP contribution in [0.15, 0.2) is 30.4 Å². The van der Waals surface area contributed by atoms with Gasteiger partial charge in [-0.1, -0.05) is 44.4 Å². The van der Waals surface area contributed by atoms with Crippen LogP contribution in [-0.2, 0) is 16.0 Å². The van der Waals surface area contributed by atoms with Crippen LogP contribution < -0.4 is 4.74 Å². The van der Waals surface area contributed by atoms with Gasteiger partial charge < -0.3 is 14.6 Å². The van der Waals surface area contributed by atoms with Crippen LogP contribution in [-0.4, -0.2) is 43.0 Å². The average Bonchev–Trinajstić information content (AvgIpc) is 3.31. The SMILES string of the molecule is CCOC(=O)C(CCCCCCC=CCC1Cc2cc(OC)ccc2C2CC[C@]3(C)C(O)CCC3C12)CCCC(F)(F)C(F)(F)F. The highest BCUT2D eigenvalue weighted by molar-refractivity contribution is 5.72. The standard InChI is InChI=1S/C37H53F5O4/c1-4-46-34(44)25(15-12-21-36(38,39)37(40,41)42)13-10-8-6-5-7-9-11-14-26-23-27-24-28(45-3)16-17-29(27)30-20-22-35(2)31(33(26)30)18-19-32(35)43/h9,11,16-17,24-26,30-33,43H,4-8,10,12-15,18-23H2,1-3H3/t25?,26?,30?,31?,32?,33?,35-/m0/s1. The van der Waals surface area contributed by atoms with Gasteiger partial charge in [0.1, 0.15) is 5.75 Å². The molecule has 2 fully saturated rings. The van der Waals surface area contributed by atoms with Crippen LogP contribution in [0.2, 0.25) is 0 Å². The minimum absolute atomic E-state index is 0.00748. The van der Waals surface area contributed by atoms with Gasteiger partial charge in [0.25, 0.3) is 0 Å². The highest BCUT2D eigenvalue weighted by Crippen LogP contribution is 2.62. The second-order valence-electron chi connectivity index (χ2n) is 14.2. The number of ether oxygens (including phenoxy) is 2. The molecule has 9 heteroatoms. The summed E-state index contributed by atoms with van der Waals surface area (Å²) in [7, 11) is 1.71. The number of methoxy groups -OCH3 is 1. The van der Waals surface area contributed by atoms with E-state index in [9.17, 15) is 31.9 Å². The van der Waals surface area contributed by atoms with Crippen molar-refractivity contribution in [3.8, 4) is 5.75 Å². The van der Waals surface area contributed by atoms with E-state index in [0.29, 0.717) is 36.5 Å². The molecular formula is C37H53F5O4. The quantitative estimate of drug-likeness (QED) is 0.0833. The maximum Gasteiger partial charge on any atom is 0.453 e. The Balaban J connectivity index is 1.24. The lowest BCUT2D eigenvalue weighted by Crippen LogP contribution is -2.47. The molecular weight excluding hydrogens is 603 g/mol. The Morgan fingerprint density at radius 1 is 1.04 bits per heavy atom. The number of aliphatic hydroxyl groups is 1. The fourth-order valence-corrected chi connectivity index (χ4v) is 8.84. The third kappa shape index (κ3) is 8.46. The lowest BCUT2D eigenvalue weighted by Gasteiger charge is -2.53. The molecule has 260 valence electrons. The molecule has 0 radical (unpaired) electrons. The summed E-state index contributed by atoms with van der Waals surface area (Å²) in [6.07, 6.45) is 8.16. The molecule has 1 aromatic rings. The molecule has 0 aromatic heterocycles. The van der Waals surface area contributed by atoms with Crippen molar-refractivity contribution >= 4 is 5.97 Å². The number of aliphatic hydroxyl groups excluding tert-OH is 1. The molecule has 4 rings (SSSR count). The number of carbonyl (C=O) groups is 1. The van der Waals surface area contributed by atoms with Gasteiger partial charge in [0.2, 0.25) is 0 Å². The molecule has 4 nitrogen and oxygen atoms in total. The van der Waals surface area contributed by atoms with Crippen molar-refractivity contribution < 1.29 is 41.3 Å². The maximum absolute atomic E-state index is 13.3. The lowest BCUT2D eigenvalue weighted by atomic mass is 9.52. The molecule has 1 N–H and O–H groups in total. The largest absolute Gasteiger partial charge is 0.497 e. The number of carbonyl (C=O) groups excluding carboxylic acids is 1. The van der Waals surface area contributed by atoms with E-state index in [2.05, 4.69) is 37.3 Å². The highest BCUT2D eigenvalue weighted by Gasteiger charge is 2.57. The van der Waals surface area contributed by atoms with E-state index >= 15 is 0 Å². The third-order valence-electron chi connectivity index (χ3n) is 11.4. The smallest absolute Gasteiger partial charge is 0.453 e. The van der Waals surface area contributed by atoms with Crippen LogP contribution in [0.5, 0.6) is 5.75 Å². The molecule has 0 heterocycles. The molecule has 6 unspecified atom stereocenters. The van der Waals surface area contributed by atoms with E-state index in [1.165, 1.54) is 11.1 Å². The van der Waals surface area contributed by atoms with Crippen LogP contribution in [0.4, 0.5) is 22.0 Å². The fourth-order valence-electron chi connectivity index (χ4n) is 8.84. The Labute approximate surface area is 271 Å². The van der Waals surface area contributed by atoms with E-state index in [4.69, 9.17) is 9.47 Å². The summed E-state index contributed by atoms with van der Waals surface area (Å²) in [4.78, 5) is 12.3. The monoisotopic (exact) mass is 656 g/mol. The van der Waals surface area contributed by atoms with E-state index < -0.39 is 30.4 Å². The topological polar surface area (TPSA) is 55.8 Å². The zero-order valence-electron chi connectivity index (χ0n) is 27.7. The summed E-state index contributed by atoms with van der Waals surface area (Å²) in [6.45, 7) is 4.10. The Morgan fingerprint density at radius 3 is 2.50 bits per heavy atom. The van der Waals surface area contributed by atoms with Crippen LogP contribution in [0.3, 0.4) is 0 Å². The van der Waals surface area contributed by atoms with Gasteiger partial charge in [-0.3, -0.25) is 4.79 Å². The van der Waals surface area contributed by atoms with Gasteiger partial charge in [0.05, 0.1) is 25.7 Å². The first-order valence-electron chi connectivity index (χ1n) is 17.4. The number of unbranched alkanes of at least 4 members (excludes halogenated alkanes) is 4. The van der Waals surface area contributed by atoms with E-state index in [1.54, 1.807) is 14.0 Å². The van der Waals surface area contributed by atoms with E-state index in [0.717, 1.165) is 70.0 Å². The number of allylic oxidation sites excluding steroid dienone is 2. The fraction of sp³-hybridized carbons (Fsp3) is 0.757. The van der Waals surface area contributed by atoms with Gasteiger partial charge in [-0.05, 0) is 130 Å². The van der Waals surface area contributed by atoms with Crippen molar-refractivity contribution in [1.82, 2.24) is 0 Å². The normalized spacial score (nSPS) is 28.4. The molecule has 3 aliphatic rings. The zero-order valence-corrected chi connectivity index (χ0v) is 27.7. The molecule has 7 atom stereocenters. The molecule has 3 aliphatic carbocycles. The molecule has 0 aliphatic heterocycles. The predicted molar refractivity (Wildman–Crippen MR) is 169 cm³/mol. The van der Waals surface area contributed by atoms with Crippen LogP contribution in [0.25, 0.3) is 0 Å². The molecule has 0 bridgehead atoms.